The molecule has 0 bridgehead atoms. The van der Waals surface area contributed by atoms with Crippen LogP contribution in [-0.4, -0.2) is 14.1 Å². The molecule has 3 nitrogen and oxygen atoms in total. The lowest BCUT2D eigenvalue weighted by molar-refractivity contribution is 1.13. The Labute approximate surface area is 75.9 Å². The molecule has 1 aromatic rings. The minimum atomic E-state index is 0.280. The Balaban J connectivity index is 3.10. The highest BCUT2D eigenvalue weighted by Crippen LogP contribution is 2.28. The summed E-state index contributed by atoms with van der Waals surface area (Å²) in [5, 5.41) is 3.16. The summed E-state index contributed by atoms with van der Waals surface area (Å²) in [5.41, 5.74) is 1.23. The summed E-state index contributed by atoms with van der Waals surface area (Å²) >= 11 is 5.75. The van der Waals surface area contributed by atoms with Gasteiger partial charge in [0.25, 0.3) is 0 Å². The van der Waals surface area contributed by atoms with Crippen molar-refractivity contribution in [3.8, 4) is 0 Å². The van der Waals surface area contributed by atoms with Crippen LogP contribution in [0.3, 0.4) is 0 Å². The van der Waals surface area contributed by atoms with Gasteiger partial charge in [-0.1, -0.05) is 11.6 Å². The second-order valence-electron chi connectivity index (χ2n) is 2.62. The van der Waals surface area contributed by atoms with Crippen LogP contribution in [0.15, 0.2) is 23.4 Å². The average molecular weight is 185 g/mol. The Hall–Kier alpha value is -1.09. The monoisotopic (exact) mass is 184 g/mol. The third kappa shape index (κ3) is 1.74. The van der Waals surface area contributed by atoms with E-state index in [2.05, 4.69) is 5.18 Å². The molecule has 0 amide bonds. The molecule has 1 rings (SSSR count). The summed E-state index contributed by atoms with van der Waals surface area (Å²) in [4.78, 5) is 12.1. The topological polar surface area (TPSA) is 32.7 Å². The summed E-state index contributed by atoms with van der Waals surface area (Å²) in [6.07, 6.45) is 0. The van der Waals surface area contributed by atoms with Gasteiger partial charge in [-0.3, -0.25) is 0 Å². The van der Waals surface area contributed by atoms with Crippen molar-refractivity contribution >= 4 is 23.0 Å². The number of rotatable bonds is 2. The van der Waals surface area contributed by atoms with Crippen molar-refractivity contribution in [3.05, 3.63) is 28.1 Å². The van der Waals surface area contributed by atoms with Crippen molar-refractivity contribution in [2.24, 2.45) is 5.18 Å². The lowest BCUT2D eigenvalue weighted by Crippen LogP contribution is -2.07. The molecule has 12 heavy (non-hydrogen) atoms. The number of anilines is 1. The van der Waals surface area contributed by atoms with Gasteiger partial charge in [0.2, 0.25) is 0 Å². The van der Waals surface area contributed by atoms with Crippen LogP contribution in [-0.2, 0) is 0 Å². The molecule has 0 saturated carbocycles. The van der Waals surface area contributed by atoms with E-state index in [1.165, 1.54) is 0 Å². The molecule has 0 atom stereocenters. The molecule has 64 valence electrons. The molecule has 0 spiro atoms. The Morgan fingerprint density at radius 2 is 2.08 bits per heavy atom. The van der Waals surface area contributed by atoms with E-state index >= 15 is 0 Å². The molecule has 0 radical (unpaired) electrons. The third-order valence-corrected chi connectivity index (χ3v) is 1.85. The Morgan fingerprint density at radius 1 is 1.42 bits per heavy atom. The van der Waals surface area contributed by atoms with Crippen LogP contribution < -0.4 is 4.90 Å². The van der Waals surface area contributed by atoms with Crippen LogP contribution in [0.1, 0.15) is 0 Å². The first-order chi connectivity index (χ1) is 5.65. The van der Waals surface area contributed by atoms with Crippen LogP contribution in [0, 0.1) is 4.91 Å². The van der Waals surface area contributed by atoms with Gasteiger partial charge in [-0.2, -0.15) is 0 Å². The van der Waals surface area contributed by atoms with E-state index in [0.717, 1.165) is 5.69 Å². The lowest BCUT2D eigenvalue weighted by Gasteiger charge is -2.12. The Bertz CT molecular complexity index is 299. The van der Waals surface area contributed by atoms with E-state index in [0.29, 0.717) is 5.02 Å². The second kappa shape index (κ2) is 3.54. The number of nitrogens with zero attached hydrogens (tertiary/aromatic N) is 2. The quantitative estimate of drug-likeness (QED) is 0.663. The van der Waals surface area contributed by atoms with E-state index in [4.69, 9.17) is 11.6 Å². The third-order valence-electron chi connectivity index (χ3n) is 1.55. The van der Waals surface area contributed by atoms with E-state index in [1.54, 1.807) is 18.2 Å². The highest BCUT2D eigenvalue weighted by atomic mass is 35.5. The molecule has 0 unspecified atom stereocenters. The molecule has 4 heteroatoms. The van der Waals surface area contributed by atoms with Crippen LogP contribution in [0.5, 0.6) is 0 Å². The fourth-order valence-corrected chi connectivity index (χ4v) is 1.06. The molecule has 0 saturated heterocycles. The second-order valence-corrected chi connectivity index (χ2v) is 3.03. The van der Waals surface area contributed by atoms with Crippen molar-refractivity contribution in [1.29, 1.82) is 0 Å². The molecule has 0 fully saturated rings. The maximum absolute atomic E-state index is 10.2. The average Bonchev–Trinajstić information content (AvgIpc) is 2.04. The molecule has 0 aromatic heterocycles. The van der Waals surface area contributed by atoms with Crippen molar-refractivity contribution in [3.63, 3.8) is 0 Å². The minimum absolute atomic E-state index is 0.280. The standard InChI is InChI=1S/C8H9ClN2O/c1-11(2)6-3-4-8(10-12)7(9)5-6/h3-5H,1-2H3. The Kier molecular flexibility index (Phi) is 2.65. The van der Waals surface area contributed by atoms with Crippen molar-refractivity contribution in [2.45, 2.75) is 0 Å². The SMILES string of the molecule is CN(C)c1ccc(N=O)c(Cl)c1. The van der Waals surface area contributed by atoms with Crippen LogP contribution in [0.2, 0.25) is 5.02 Å². The first-order valence-corrected chi connectivity index (χ1v) is 3.83. The van der Waals surface area contributed by atoms with Gasteiger partial charge in [0, 0.05) is 19.8 Å². The van der Waals surface area contributed by atoms with Crippen LogP contribution >= 0.6 is 11.6 Å². The van der Waals surface area contributed by atoms with E-state index < -0.39 is 0 Å². The van der Waals surface area contributed by atoms with E-state index in [-0.39, 0.29) is 5.69 Å². The smallest absolute Gasteiger partial charge is 0.126 e. The molecule has 0 aliphatic heterocycles. The maximum Gasteiger partial charge on any atom is 0.126 e. The van der Waals surface area contributed by atoms with Crippen molar-refractivity contribution in [2.75, 3.05) is 19.0 Å². The van der Waals surface area contributed by atoms with Crippen molar-refractivity contribution in [1.82, 2.24) is 0 Å². The summed E-state index contributed by atoms with van der Waals surface area (Å²) < 4.78 is 0. The van der Waals surface area contributed by atoms with Crippen LogP contribution in [0.4, 0.5) is 11.4 Å². The number of halogens is 1. The van der Waals surface area contributed by atoms with Crippen molar-refractivity contribution < 1.29 is 0 Å². The van der Waals surface area contributed by atoms with E-state index in [1.807, 2.05) is 19.0 Å². The van der Waals surface area contributed by atoms with Gasteiger partial charge in [0.05, 0.1) is 5.02 Å². The fraction of sp³-hybridized carbons (Fsp3) is 0.250. The van der Waals surface area contributed by atoms with Gasteiger partial charge >= 0.3 is 0 Å². The van der Waals surface area contributed by atoms with Gasteiger partial charge in [-0.25, -0.2) is 0 Å². The number of hydrogen-bond acceptors (Lipinski definition) is 3. The normalized spacial score (nSPS) is 9.58. The molecule has 1 aromatic carbocycles. The summed E-state index contributed by atoms with van der Waals surface area (Å²) in [6, 6.07) is 5.10. The Morgan fingerprint density at radius 3 is 2.50 bits per heavy atom. The van der Waals surface area contributed by atoms with Gasteiger partial charge in [0.1, 0.15) is 5.69 Å². The molecule has 0 aliphatic rings. The maximum atomic E-state index is 10.2. The number of hydrogen-bond donors (Lipinski definition) is 0. The summed E-state index contributed by atoms with van der Waals surface area (Å²) in [6.45, 7) is 0. The minimum Gasteiger partial charge on any atom is -0.378 e. The van der Waals surface area contributed by atoms with Gasteiger partial charge < -0.3 is 4.90 Å². The fourth-order valence-electron chi connectivity index (χ4n) is 0.848. The molecular weight excluding hydrogens is 176 g/mol. The number of nitroso groups, excluding NO2 is 1. The predicted octanol–water partition coefficient (Wildman–Crippen LogP) is 2.80. The first kappa shape index (κ1) is 9.00. The molecule has 0 N–H and O–H groups in total. The highest BCUT2D eigenvalue weighted by Gasteiger charge is 2.02. The van der Waals surface area contributed by atoms with Gasteiger partial charge in [-0.05, 0) is 23.4 Å². The zero-order valence-corrected chi connectivity index (χ0v) is 7.67. The van der Waals surface area contributed by atoms with Crippen LogP contribution in [0.25, 0.3) is 0 Å². The first-order valence-electron chi connectivity index (χ1n) is 3.45. The van der Waals surface area contributed by atoms with Gasteiger partial charge in [-0.15, -0.1) is 4.91 Å². The largest absolute Gasteiger partial charge is 0.378 e. The van der Waals surface area contributed by atoms with Gasteiger partial charge in [0.15, 0.2) is 0 Å². The zero-order chi connectivity index (χ0) is 9.14. The highest BCUT2D eigenvalue weighted by molar-refractivity contribution is 6.33. The molecule has 0 aliphatic carbocycles. The number of benzene rings is 1. The molecule has 0 heterocycles. The zero-order valence-electron chi connectivity index (χ0n) is 6.91. The predicted molar refractivity (Wildman–Crippen MR) is 51.2 cm³/mol. The molecular formula is C8H9ClN2O. The summed E-state index contributed by atoms with van der Waals surface area (Å²) in [5.74, 6) is 0. The summed E-state index contributed by atoms with van der Waals surface area (Å²) in [7, 11) is 3.80. The van der Waals surface area contributed by atoms with E-state index in [9.17, 15) is 4.91 Å². The lowest BCUT2D eigenvalue weighted by atomic mass is 10.3.